The SMILES string of the molecule is CCNCc1ccc(S(=O)(=O)Nc2cc(F)cc(Cl)c2)s1. The highest BCUT2D eigenvalue weighted by atomic mass is 35.5. The lowest BCUT2D eigenvalue weighted by atomic mass is 10.3. The van der Waals surface area contributed by atoms with Gasteiger partial charge in [0.15, 0.2) is 0 Å². The van der Waals surface area contributed by atoms with Gasteiger partial charge in [0, 0.05) is 16.4 Å². The van der Waals surface area contributed by atoms with E-state index in [1.54, 1.807) is 6.07 Å². The number of anilines is 1. The molecule has 0 spiro atoms. The normalized spacial score (nSPS) is 11.6. The Morgan fingerprint density at radius 2 is 2.05 bits per heavy atom. The van der Waals surface area contributed by atoms with Gasteiger partial charge in [0.2, 0.25) is 0 Å². The lowest BCUT2D eigenvalue weighted by Crippen LogP contribution is -2.12. The zero-order chi connectivity index (χ0) is 15.5. The Kier molecular flexibility index (Phi) is 5.21. The molecule has 2 aromatic rings. The maximum absolute atomic E-state index is 13.2. The Labute approximate surface area is 132 Å². The molecule has 0 saturated carbocycles. The molecule has 4 nitrogen and oxygen atoms in total. The molecule has 114 valence electrons. The summed E-state index contributed by atoms with van der Waals surface area (Å²) in [4.78, 5) is 0.912. The van der Waals surface area contributed by atoms with Gasteiger partial charge >= 0.3 is 0 Å². The van der Waals surface area contributed by atoms with Gasteiger partial charge in [0.25, 0.3) is 10.0 Å². The van der Waals surface area contributed by atoms with Crippen molar-refractivity contribution in [3.63, 3.8) is 0 Å². The van der Waals surface area contributed by atoms with Gasteiger partial charge in [-0.2, -0.15) is 0 Å². The molecule has 0 aliphatic heterocycles. The van der Waals surface area contributed by atoms with E-state index in [1.165, 1.54) is 23.5 Å². The average Bonchev–Trinajstić information content (AvgIpc) is 2.84. The van der Waals surface area contributed by atoms with E-state index in [2.05, 4.69) is 10.0 Å². The first-order valence-corrected chi connectivity index (χ1v) is 8.87. The van der Waals surface area contributed by atoms with Crippen LogP contribution in [0.4, 0.5) is 10.1 Å². The van der Waals surface area contributed by atoms with Gasteiger partial charge in [-0.15, -0.1) is 11.3 Å². The van der Waals surface area contributed by atoms with Crippen molar-refractivity contribution in [1.29, 1.82) is 0 Å². The molecular formula is C13H14ClFN2O2S2. The highest BCUT2D eigenvalue weighted by molar-refractivity contribution is 7.94. The van der Waals surface area contributed by atoms with Gasteiger partial charge in [-0.05, 0) is 36.9 Å². The molecule has 0 amide bonds. The van der Waals surface area contributed by atoms with Crippen molar-refractivity contribution in [2.24, 2.45) is 0 Å². The summed E-state index contributed by atoms with van der Waals surface area (Å²) < 4.78 is 40.2. The van der Waals surface area contributed by atoms with Crippen LogP contribution in [0.15, 0.2) is 34.5 Å². The van der Waals surface area contributed by atoms with Crippen molar-refractivity contribution in [2.75, 3.05) is 11.3 Å². The Morgan fingerprint density at radius 3 is 2.71 bits per heavy atom. The Morgan fingerprint density at radius 1 is 1.29 bits per heavy atom. The van der Waals surface area contributed by atoms with Crippen LogP contribution in [0.2, 0.25) is 5.02 Å². The number of halogens is 2. The van der Waals surface area contributed by atoms with E-state index in [4.69, 9.17) is 11.6 Å². The van der Waals surface area contributed by atoms with Crippen LogP contribution in [0.3, 0.4) is 0 Å². The summed E-state index contributed by atoms with van der Waals surface area (Å²) in [6.07, 6.45) is 0. The second kappa shape index (κ2) is 6.74. The van der Waals surface area contributed by atoms with Crippen molar-refractivity contribution < 1.29 is 12.8 Å². The minimum atomic E-state index is -3.74. The summed E-state index contributed by atoms with van der Waals surface area (Å²) in [5, 5.41) is 3.25. The van der Waals surface area contributed by atoms with Crippen LogP contribution in [0.5, 0.6) is 0 Å². The van der Waals surface area contributed by atoms with E-state index in [0.29, 0.717) is 6.54 Å². The van der Waals surface area contributed by atoms with E-state index >= 15 is 0 Å². The zero-order valence-corrected chi connectivity index (χ0v) is 13.6. The fraction of sp³-hybridized carbons (Fsp3) is 0.231. The molecule has 1 aromatic carbocycles. The molecular weight excluding hydrogens is 335 g/mol. The first kappa shape index (κ1) is 16.2. The van der Waals surface area contributed by atoms with E-state index in [-0.39, 0.29) is 14.9 Å². The zero-order valence-electron chi connectivity index (χ0n) is 11.2. The monoisotopic (exact) mass is 348 g/mol. The maximum Gasteiger partial charge on any atom is 0.271 e. The number of rotatable bonds is 6. The minimum Gasteiger partial charge on any atom is -0.312 e. The number of benzene rings is 1. The summed E-state index contributed by atoms with van der Waals surface area (Å²) in [5.74, 6) is -0.598. The van der Waals surface area contributed by atoms with E-state index in [9.17, 15) is 12.8 Å². The third kappa shape index (κ3) is 4.41. The lowest BCUT2D eigenvalue weighted by Gasteiger charge is -2.06. The third-order valence-corrected chi connectivity index (χ3v) is 5.74. The van der Waals surface area contributed by atoms with E-state index < -0.39 is 15.8 Å². The standard InChI is InChI=1S/C13H14ClFN2O2S2/c1-2-16-8-12-3-4-13(20-12)21(18,19)17-11-6-9(14)5-10(15)7-11/h3-7,16-17H,2,8H2,1H3. The minimum absolute atomic E-state index is 0.0987. The predicted octanol–water partition coefficient (Wildman–Crippen LogP) is 3.45. The number of nitrogens with one attached hydrogen (secondary N) is 2. The molecule has 0 unspecified atom stereocenters. The molecule has 1 aromatic heterocycles. The molecule has 0 aliphatic carbocycles. The second-order valence-electron chi connectivity index (χ2n) is 4.26. The van der Waals surface area contributed by atoms with Crippen molar-refractivity contribution in [1.82, 2.24) is 5.32 Å². The Bertz CT molecular complexity index is 711. The summed E-state index contributed by atoms with van der Waals surface area (Å²) in [6.45, 7) is 3.39. The van der Waals surface area contributed by atoms with Crippen LogP contribution in [-0.4, -0.2) is 15.0 Å². The van der Waals surface area contributed by atoms with Gasteiger partial charge in [-0.3, -0.25) is 4.72 Å². The summed E-state index contributed by atoms with van der Waals surface area (Å²) >= 11 is 6.87. The van der Waals surface area contributed by atoms with Crippen LogP contribution in [0.1, 0.15) is 11.8 Å². The van der Waals surface area contributed by atoms with Gasteiger partial charge in [-0.25, -0.2) is 12.8 Å². The lowest BCUT2D eigenvalue weighted by molar-refractivity contribution is 0.603. The van der Waals surface area contributed by atoms with Crippen LogP contribution in [-0.2, 0) is 16.6 Å². The molecule has 0 radical (unpaired) electrons. The summed E-state index contributed by atoms with van der Waals surface area (Å²) in [6, 6.07) is 6.83. The number of hydrogen-bond acceptors (Lipinski definition) is 4. The second-order valence-corrected chi connectivity index (χ2v) is 7.78. The van der Waals surface area contributed by atoms with Crippen molar-refractivity contribution in [3.8, 4) is 0 Å². The van der Waals surface area contributed by atoms with Crippen molar-refractivity contribution >= 4 is 38.6 Å². The molecule has 2 rings (SSSR count). The molecule has 0 atom stereocenters. The van der Waals surface area contributed by atoms with Crippen LogP contribution in [0.25, 0.3) is 0 Å². The van der Waals surface area contributed by atoms with Gasteiger partial charge in [0.05, 0.1) is 5.69 Å². The molecule has 8 heteroatoms. The molecule has 21 heavy (non-hydrogen) atoms. The molecule has 2 N–H and O–H groups in total. The third-order valence-electron chi connectivity index (χ3n) is 2.57. The molecule has 1 heterocycles. The van der Waals surface area contributed by atoms with Gasteiger partial charge in [0.1, 0.15) is 10.0 Å². The average molecular weight is 349 g/mol. The molecule has 0 aliphatic rings. The highest BCUT2D eigenvalue weighted by Crippen LogP contribution is 2.25. The molecule has 0 saturated heterocycles. The fourth-order valence-corrected chi connectivity index (χ4v) is 4.25. The number of hydrogen-bond donors (Lipinski definition) is 2. The summed E-state index contributed by atoms with van der Waals surface area (Å²) in [7, 11) is -3.74. The Balaban J connectivity index is 2.19. The van der Waals surface area contributed by atoms with E-state index in [0.717, 1.165) is 23.6 Å². The quantitative estimate of drug-likeness (QED) is 0.840. The van der Waals surface area contributed by atoms with Crippen LogP contribution >= 0.6 is 22.9 Å². The smallest absolute Gasteiger partial charge is 0.271 e. The first-order chi connectivity index (χ1) is 9.90. The predicted molar refractivity (Wildman–Crippen MR) is 83.9 cm³/mol. The molecule has 0 fully saturated rings. The number of sulfonamides is 1. The molecule has 0 bridgehead atoms. The maximum atomic E-state index is 13.2. The van der Waals surface area contributed by atoms with Crippen molar-refractivity contribution in [2.45, 2.75) is 17.7 Å². The topological polar surface area (TPSA) is 58.2 Å². The van der Waals surface area contributed by atoms with Crippen molar-refractivity contribution in [3.05, 3.63) is 46.0 Å². The van der Waals surface area contributed by atoms with Crippen LogP contribution < -0.4 is 10.0 Å². The highest BCUT2D eigenvalue weighted by Gasteiger charge is 2.17. The van der Waals surface area contributed by atoms with Gasteiger partial charge in [-0.1, -0.05) is 18.5 Å². The van der Waals surface area contributed by atoms with Gasteiger partial charge < -0.3 is 5.32 Å². The van der Waals surface area contributed by atoms with E-state index in [1.807, 2.05) is 6.92 Å². The Hall–Kier alpha value is -1.15. The largest absolute Gasteiger partial charge is 0.312 e. The number of thiophene rings is 1. The summed E-state index contributed by atoms with van der Waals surface area (Å²) in [5.41, 5.74) is 0.0987. The van der Waals surface area contributed by atoms with Crippen LogP contribution in [0, 0.1) is 5.82 Å². The first-order valence-electron chi connectivity index (χ1n) is 6.19. The fourth-order valence-electron chi connectivity index (χ4n) is 1.66.